The first-order valence-corrected chi connectivity index (χ1v) is 10.5. The van der Waals surface area contributed by atoms with Crippen molar-refractivity contribution < 1.29 is 18.7 Å². The number of H-pyrrole nitrogens is 1. The quantitative estimate of drug-likeness (QED) is 0.580. The standard InChI is InChI=1S/C20H20BrF2N5O2/c1-26-7-9-3-4-28(13(9)8-26)18-10(21)6-24-19-15(18)14-16(23)11(22)5-12(17(14)25-19)27(2)20(29)30/h5-6,9,13H,3-4,7-8H2,1-2H3,(H,24,25)(H,29,30). The monoisotopic (exact) mass is 479 g/mol. The third-order valence-corrected chi connectivity index (χ3v) is 6.94. The highest BCUT2D eigenvalue weighted by Gasteiger charge is 2.41. The number of carbonyl (C=O) groups is 1. The number of carboxylic acid groups (broad SMARTS) is 1. The highest BCUT2D eigenvalue weighted by molar-refractivity contribution is 9.10. The van der Waals surface area contributed by atoms with Gasteiger partial charge < -0.3 is 19.9 Å². The first-order valence-electron chi connectivity index (χ1n) is 9.67. The Hall–Kier alpha value is -2.46. The number of fused-ring (bicyclic) bond motifs is 4. The van der Waals surface area contributed by atoms with Crippen molar-refractivity contribution in [1.29, 1.82) is 0 Å². The maximum absolute atomic E-state index is 15.1. The number of hydrogen-bond acceptors (Lipinski definition) is 4. The summed E-state index contributed by atoms with van der Waals surface area (Å²) in [5.74, 6) is -1.60. The van der Waals surface area contributed by atoms with Crippen molar-refractivity contribution in [2.24, 2.45) is 5.92 Å². The lowest BCUT2D eigenvalue weighted by Gasteiger charge is -2.28. The molecule has 4 heterocycles. The van der Waals surface area contributed by atoms with E-state index in [1.807, 2.05) is 0 Å². The van der Waals surface area contributed by atoms with Crippen molar-refractivity contribution in [3.05, 3.63) is 28.4 Å². The summed E-state index contributed by atoms with van der Waals surface area (Å²) in [5.41, 5.74) is 1.40. The summed E-state index contributed by atoms with van der Waals surface area (Å²) < 4.78 is 30.4. The van der Waals surface area contributed by atoms with Crippen LogP contribution in [0.15, 0.2) is 16.7 Å². The molecule has 0 bridgehead atoms. The zero-order valence-electron chi connectivity index (χ0n) is 16.4. The van der Waals surface area contributed by atoms with Crippen LogP contribution in [0.3, 0.4) is 0 Å². The Bertz CT molecular complexity index is 1200. The number of aromatic nitrogens is 2. The summed E-state index contributed by atoms with van der Waals surface area (Å²) in [6, 6.07) is 1.17. The van der Waals surface area contributed by atoms with Gasteiger partial charge in [-0.25, -0.2) is 18.6 Å². The maximum atomic E-state index is 15.1. The normalized spacial score (nSPS) is 21.7. The van der Waals surface area contributed by atoms with Crippen LogP contribution in [0.4, 0.5) is 25.0 Å². The second kappa shape index (κ2) is 6.78. The fraction of sp³-hybridized carbons (Fsp3) is 0.400. The van der Waals surface area contributed by atoms with Gasteiger partial charge in [0.25, 0.3) is 0 Å². The third-order valence-electron chi connectivity index (χ3n) is 6.36. The summed E-state index contributed by atoms with van der Waals surface area (Å²) in [5, 5.41) is 9.87. The van der Waals surface area contributed by atoms with Gasteiger partial charge >= 0.3 is 6.09 Å². The van der Waals surface area contributed by atoms with Crippen LogP contribution in [0.1, 0.15) is 6.42 Å². The summed E-state index contributed by atoms with van der Waals surface area (Å²) >= 11 is 3.57. The van der Waals surface area contributed by atoms with Gasteiger partial charge in [0.15, 0.2) is 11.6 Å². The Morgan fingerprint density at radius 1 is 1.37 bits per heavy atom. The van der Waals surface area contributed by atoms with Gasteiger partial charge in [-0.2, -0.15) is 0 Å². The minimum atomic E-state index is -1.27. The number of likely N-dealkylation sites (N-methyl/N-ethyl adjacent to an activating group) is 1. The molecule has 30 heavy (non-hydrogen) atoms. The van der Waals surface area contributed by atoms with Crippen molar-refractivity contribution in [2.75, 3.05) is 43.5 Å². The molecule has 7 nitrogen and oxygen atoms in total. The van der Waals surface area contributed by atoms with Crippen LogP contribution in [0.5, 0.6) is 0 Å². The van der Waals surface area contributed by atoms with E-state index in [2.05, 4.69) is 42.7 Å². The van der Waals surface area contributed by atoms with Crippen LogP contribution < -0.4 is 9.80 Å². The predicted molar refractivity (Wildman–Crippen MR) is 114 cm³/mol. The summed E-state index contributed by atoms with van der Waals surface area (Å²) in [7, 11) is 3.38. The largest absolute Gasteiger partial charge is 0.465 e. The highest BCUT2D eigenvalue weighted by atomic mass is 79.9. The first-order chi connectivity index (χ1) is 14.3. The number of halogens is 3. The molecule has 2 unspecified atom stereocenters. The van der Waals surface area contributed by atoms with E-state index in [9.17, 15) is 14.3 Å². The van der Waals surface area contributed by atoms with E-state index in [4.69, 9.17) is 0 Å². The molecule has 158 valence electrons. The molecular formula is C20H20BrF2N5O2. The zero-order valence-corrected chi connectivity index (χ0v) is 18.0. The van der Waals surface area contributed by atoms with Gasteiger partial charge in [-0.15, -0.1) is 0 Å². The second-order valence-electron chi connectivity index (χ2n) is 8.12. The van der Waals surface area contributed by atoms with Crippen LogP contribution in [0, 0.1) is 17.6 Å². The number of nitrogens with one attached hydrogen (secondary N) is 1. The summed E-state index contributed by atoms with van der Waals surface area (Å²) in [6.07, 6.45) is 1.40. The fourth-order valence-electron chi connectivity index (χ4n) is 5.00. The molecule has 2 aliphatic heterocycles. The van der Waals surface area contributed by atoms with Crippen LogP contribution >= 0.6 is 15.9 Å². The van der Waals surface area contributed by atoms with E-state index in [0.717, 1.165) is 42.7 Å². The average Bonchev–Trinajstić information content (AvgIpc) is 3.36. The first kappa shape index (κ1) is 19.5. The highest BCUT2D eigenvalue weighted by Crippen LogP contribution is 2.45. The van der Waals surface area contributed by atoms with Crippen molar-refractivity contribution in [1.82, 2.24) is 14.9 Å². The second-order valence-corrected chi connectivity index (χ2v) is 8.97. The Kier molecular flexibility index (Phi) is 4.41. The maximum Gasteiger partial charge on any atom is 0.411 e. The molecule has 5 rings (SSSR count). The van der Waals surface area contributed by atoms with E-state index < -0.39 is 17.7 Å². The number of nitrogens with zero attached hydrogens (tertiary/aromatic N) is 4. The van der Waals surface area contributed by atoms with Crippen LogP contribution in [-0.2, 0) is 0 Å². The lowest BCUT2D eigenvalue weighted by atomic mass is 10.0. The number of aromatic amines is 1. The Balaban J connectivity index is 1.82. The van der Waals surface area contributed by atoms with E-state index in [1.54, 1.807) is 6.20 Å². The zero-order chi connectivity index (χ0) is 21.3. The number of amides is 1. The molecule has 2 saturated heterocycles. The predicted octanol–water partition coefficient (Wildman–Crippen LogP) is 4.01. The number of anilines is 2. The van der Waals surface area contributed by atoms with E-state index in [0.29, 0.717) is 21.4 Å². The summed E-state index contributed by atoms with van der Waals surface area (Å²) in [6.45, 7) is 2.72. The molecule has 3 aromatic rings. The smallest absolute Gasteiger partial charge is 0.411 e. The van der Waals surface area contributed by atoms with Crippen LogP contribution in [0.25, 0.3) is 21.9 Å². The molecule has 1 amide bonds. The van der Waals surface area contributed by atoms with Crippen molar-refractivity contribution in [3.8, 4) is 0 Å². The third kappa shape index (κ3) is 2.70. The molecule has 0 spiro atoms. The van der Waals surface area contributed by atoms with E-state index >= 15 is 4.39 Å². The number of benzene rings is 1. The number of hydrogen-bond donors (Lipinski definition) is 2. The SMILES string of the molecule is CN1CC2CCN(c3c(Br)cnc4[nH]c5c(N(C)C(=O)O)cc(F)c(F)c5c34)C2C1. The number of pyridine rings is 1. The van der Waals surface area contributed by atoms with Gasteiger partial charge in [0.1, 0.15) is 5.65 Å². The lowest BCUT2D eigenvalue weighted by molar-refractivity contribution is 0.203. The summed E-state index contributed by atoms with van der Waals surface area (Å²) in [4.78, 5) is 24.3. The number of likely N-dealkylation sites (tertiary alicyclic amines) is 1. The minimum Gasteiger partial charge on any atom is -0.465 e. The molecular weight excluding hydrogens is 460 g/mol. The Morgan fingerprint density at radius 3 is 2.87 bits per heavy atom. The van der Waals surface area contributed by atoms with Gasteiger partial charge in [-0.1, -0.05) is 0 Å². The Morgan fingerprint density at radius 2 is 2.13 bits per heavy atom. The number of rotatable bonds is 2. The molecule has 2 N–H and O–H groups in total. The molecule has 0 saturated carbocycles. The van der Waals surface area contributed by atoms with Gasteiger partial charge in [-0.3, -0.25) is 4.90 Å². The molecule has 1 aromatic carbocycles. The molecule has 2 atom stereocenters. The molecule has 2 aliphatic rings. The molecule has 2 aromatic heterocycles. The van der Waals surface area contributed by atoms with Crippen molar-refractivity contribution in [2.45, 2.75) is 12.5 Å². The van der Waals surface area contributed by atoms with E-state index in [1.165, 1.54) is 7.05 Å². The molecule has 0 aliphatic carbocycles. The van der Waals surface area contributed by atoms with Crippen molar-refractivity contribution >= 4 is 55.3 Å². The molecule has 0 radical (unpaired) electrons. The topological polar surface area (TPSA) is 75.7 Å². The Labute approximate surface area is 179 Å². The van der Waals surface area contributed by atoms with Crippen LogP contribution in [0.2, 0.25) is 0 Å². The molecule has 2 fully saturated rings. The van der Waals surface area contributed by atoms with E-state index in [-0.39, 0.29) is 22.6 Å². The molecule has 10 heteroatoms. The fourth-order valence-corrected chi connectivity index (χ4v) is 5.53. The van der Waals surface area contributed by atoms with Crippen molar-refractivity contribution in [3.63, 3.8) is 0 Å². The van der Waals surface area contributed by atoms with Gasteiger partial charge in [-0.05, 0) is 35.3 Å². The van der Waals surface area contributed by atoms with Gasteiger partial charge in [0, 0.05) is 45.0 Å². The average molecular weight is 480 g/mol. The lowest BCUT2D eigenvalue weighted by Crippen LogP contribution is -2.34. The van der Waals surface area contributed by atoms with Gasteiger partial charge in [0.2, 0.25) is 0 Å². The van der Waals surface area contributed by atoms with Gasteiger partial charge in [0.05, 0.1) is 32.1 Å². The van der Waals surface area contributed by atoms with Crippen LogP contribution in [-0.4, -0.2) is 65.8 Å². The minimum absolute atomic E-state index is 0.0201.